The molecule has 0 radical (unpaired) electrons. The second-order valence-electron chi connectivity index (χ2n) is 6.85. The van der Waals surface area contributed by atoms with Crippen LogP contribution < -0.4 is 5.32 Å². The van der Waals surface area contributed by atoms with Crippen molar-refractivity contribution < 1.29 is 9.59 Å². The van der Waals surface area contributed by atoms with Crippen LogP contribution in [0.4, 0.5) is 0 Å². The molecule has 4 heteroatoms. The number of carbonyl (C=O) groups is 2. The molecule has 2 aliphatic rings. The van der Waals surface area contributed by atoms with Crippen LogP contribution in [0.2, 0.25) is 0 Å². The van der Waals surface area contributed by atoms with Crippen molar-refractivity contribution in [3.05, 3.63) is 34.3 Å². The molecule has 21 heavy (non-hydrogen) atoms. The van der Waals surface area contributed by atoms with Crippen LogP contribution in [0.15, 0.2) is 28.7 Å². The van der Waals surface area contributed by atoms with Crippen LogP contribution in [0.25, 0.3) is 0 Å². The molecule has 0 bridgehead atoms. The topological polar surface area (TPSA) is 46.2 Å². The second-order valence-corrected chi connectivity index (χ2v) is 7.76. The molecule has 1 spiro atoms. The van der Waals surface area contributed by atoms with E-state index >= 15 is 0 Å². The minimum absolute atomic E-state index is 0.115. The van der Waals surface area contributed by atoms with Crippen molar-refractivity contribution in [2.75, 3.05) is 0 Å². The van der Waals surface area contributed by atoms with Gasteiger partial charge >= 0.3 is 0 Å². The third-order valence-corrected chi connectivity index (χ3v) is 5.66. The first-order chi connectivity index (χ1) is 9.91. The highest BCUT2D eigenvalue weighted by atomic mass is 79.9. The molecule has 1 saturated carbocycles. The van der Waals surface area contributed by atoms with Gasteiger partial charge in [-0.25, -0.2) is 0 Å². The number of amides is 2. The Morgan fingerprint density at radius 3 is 2.38 bits per heavy atom. The van der Waals surface area contributed by atoms with Crippen LogP contribution in [0.5, 0.6) is 0 Å². The molecule has 2 fully saturated rings. The number of rotatable bonds is 2. The van der Waals surface area contributed by atoms with Gasteiger partial charge in [-0.15, -0.1) is 0 Å². The average molecular weight is 350 g/mol. The maximum Gasteiger partial charge on any atom is 0.234 e. The summed E-state index contributed by atoms with van der Waals surface area (Å²) >= 11 is 3.43. The Bertz CT molecular complexity index is 573. The molecule has 2 amide bonds. The van der Waals surface area contributed by atoms with E-state index in [1.807, 2.05) is 24.3 Å². The average Bonchev–Trinajstić information content (AvgIpc) is 2.36. The summed E-state index contributed by atoms with van der Waals surface area (Å²) in [5, 5.41) is 2.52. The summed E-state index contributed by atoms with van der Waals surface area (Å²) in [4.78, 5) is 24.3. The smallest absolute Gasteiger partial charge is 0.234 e. The summed E-state index contributed by atoms with van der Waals surface area (Å²) in [5.74, 6) is 0.799. The minimum Gasteiger partial charge on any atom is -0.296 e. The lowest BCUT2D eigenvalue weighted by Crippen LogP contribution is -2.56. The van der Waals surface area contributed by atoms with Crippen LogP contribution >= 0.6 is 15.9 Å². The Morgan fingerprint density at radius 2 is 1.81 bits per heavy atom. The molecule has 1 aromatic rings. The zero-order chi connectivity index (χ0) is 15.2. The van der Waals surface area contributed by atoms with E-state index in [-0.39, 0.29) is 23.1 Å². The van der Waals surface area contributed by atoms with Crippen molar-refractivity contribution in [3.63, 3.8) is 0 Å². The van der Waals surface area contributed by atoms with Gasteiger partial charge in [0.1, 0.15) is 0 Å². The highest BCUT2D eigenvalue weighted by molar-refractivity contribution is 9.10. The Kier molecular flexibility index (Phi) is 3.68. The van der Waals surface area contributed by atoms with E-state index < -0.39 is 0 Å². The number of benzene rings is 1. The lowest BCUT2D eigenvalue weighted by molar-refractivity contribution is -0.147. The molecule has 1 aliphatic heterocycles. The van der Waals surface area contributed by atoms with Crippen molar-refractivity contribution in [2.24, 2.45) is 17.3 Å². The van der Waals surface area contributed by atoms with Gasteiger partial charge in [-0.1, -0.05) is 41.9 Å². The second kappa shape index (κ2) is 5.24. The van der Waals surface area contributed by atoms with Gasteiger partial charge in [-0.05, 0) is 47.8 Å². The molecule has 3 rings (SSSR count). The third-order valence-electron chi connectivity index (χ3n) is 5.13. The molecule has 1 saturated heterocycles. The Hall–Kier alpha value is -1.16. The van der Waals surface area contributed by atoms with E-state index in [0.717, 1.165) is 22.9 Å². The SMILES string of the molecule is CC(C)C1CC2(CC(=O)NC(=O)C2c2ccc(Br)cc2)C1. The zero-order valence-corrected chi connectivity index (χ0v) is 13.9. The summed E-state index contributed by atoms with van der Waals surface area (Å²) in [6.07, 6.45) is 2.43. The van der Waals surface area contributed by atoms with Crippen molar-refractivity contribution in [1.29, 1.82) is 0 Å². The van der Waals surface area contributed by atoms with Crippen LogP contribution in [0.1, 0.15) is 44.6 Å². The first kappa shape index (κ1) is 14.8. The van der Waals surface area contributed by atoms with Gasteiger partial charge in [0.25, 0.3) is 0 Å². The number of hydrogen-bond acceptors (Lipinski definition) is 2. The van der Waals surface area contributed by atoms with E-state index in [0.29, 0.717) is 18.3 Å². The molecule has 0 aromatic heterocycles. The number of nitrogens with one attached hydrogen (secondary N) is 1. The molecule has 1 aromatic carbocycles. The predicted molar refractivity (Wildman–Crippen MR) is 84.6 cm³/mol. The van der Waals surface area contributed by atoms with E-state index in [4.69, 9.17) is 0 Å². The molecule has 1 heterocycles. The Labute approximate surface area is 133 Å². The molecular formula is C17H20BrNO2. The van der Waals surface area contributed by atoms with Gasteiger partial charge in [0.2, 0.25) is 11.8 Å². The zero-order valence-electron chi connectivity index (χ0n) is 12.4. The highest BCUT2D eigenvalue weighted by Crippen LogP contribution is 2.60. The van der Waals surface area contributed by atoms with Gasteiger partial charge in [-0.2, -0.15) is 0 Å². The fraction of sp³-hybridized carbons (Fsp3) is 0.529. The van der Waals surface area contributed by atoms with Gasteiger partial charge < -0.3 is 0 Å². The molecular weight excluding hydrogens is 330 g/mol. The molecule has 3 nitrogen and oxygen atoms in total. The Morgan fingerprint density at radius 1 is 1.19 bits per heavy atom. The summed E-state index contributed by atoms with van der Waals surface area (Å²) in [7, 11) is 0. The van der Waals surface area contributed by atoms with Crippen LogP contribution in [0, 0.1) is 17.3 Å². The summed E-state index contributed by atoms with van der Waals surface area (Å²) in [6.45, 7) is 4.44. The predicted octanol–water partition coefficient (Wildman–Crippen LogP) is 3.63. The van der Waals surface area contributed by atoms with E-state index in [1.165, 1.54) is 0 Å². The number of hydrogen-bond donors (Lipinski definition) is 1. The van der Waals surface area contributed by atoms with E-state index in [1.54, 1.807) is 0 Å². The summed E-state index contributed by atoms with van der Waals surface area (Å²) in [5.41, 5.74) is 0.854. The number of imide groups is 1. The molecule has 1 aliphatic carbocycles. The maximum atomic E-state index is 12.4. The van der Waals surface area contributed by atoms with Crippen molar-refractivity contribution in [3.8, 4) is 0 Å². The molecule has 112 valence electrons. The van der Waals surface area contributed by atoms with Crippen LogP contribution in [-0.2, 0) is 9.59 Å². The first-order valence-corrected chi connectivity index (χ1v) is 8.30. The largest absolute Gasteiger partial charge is 0.296 e. The molecule has 1 atom stereocenters. The minimum atomic E-state index is -0.196. The van der Waals surface area contributed by atoms with Crippen molar-refractivity contribution in [1.82, 2.24) is 5.32 Å². The number of piperidine rings is 1. The molecule has 1 unspecified atom stereocenters. The highest BCUT2D eigenvalue weighted by Gasteiger charge is 2.56. The van der Waals surface area contributed by atoms with E-state index in [2.05, 4.69) is 35.1 Å². The van der Waals surface area contributed by atoms with Gasteiger partial charge in [0.05, 0.1) is 5.92 Å². The van der Waals surface area contributed by atoms with Crippen LogP contribution in [0.3, 0.4) is 0 Å². The monoisotopic (exact) mass is 349 g/mol. The molecule has 1 N–H and O–H groups in total. The lowest BCUT2D eigenvalue weighted by Gasteiger charge is -2.55. The standard InChI is InChI=1S/C17H20BrNO2/c1-10(2)12-7-17(8-12)9-14(20)19-16(21)15(17)11-3-5-13(18)6-4-11/h3-6,10,12,15H,7-9H2,1-2H3,(H,19,20,21). The maximum absolute atomic E-state index is 12.4. The normalized spacial score (nSPS) is 32.2. The van der Waals surface area contributed by atoms with Gasteiger partial charge in [0.15, 0.2) is 0 Å². The van der Waals surface area contributed by atoms with Gasteiger partial charge in [0, 0.05) is 10.9 Å². The quantitative estimate of drug-likeness (QED) is 0.828. The third kappa shape index (κ3) is 2.54. The van der Waals surface area contributed by atoms with Crippen molar-refractivity contribution in [2.45, 2.75) is 39.0 Å². The lowest BCUT2D eigenvalue weighted by atomic mass is 9.50. The van der Waals surface area contributed by atoms with Crippen LogP contribution in [-0.4, -0.2) is 11.8 Å². The number of halogens is 1. The fourth-order valence-corrected chi connectivity index (χ4v) is 4.21. The Balaban J connectivity index is 1.93. The first-order valence-electron chi connectivity index (χ1n) is 7.50. The van der Waals surface area contributed by atoms with Gasteiger partial charge in [-0.3, -0.25) is 14.9 Å². The van der Waals surface area contributed by atoms with E-state index in [9.17, 15) is 9.59 Å². The summed E-state index contributed by atoms with van der Waals surface area (Å²) < 4.78 is 1.00. The fourth-order valence-electron chi connectivity index (χ4n) is 3.95. The number of carbonyl (C=O) groups excluding carboxylic acids is 2. The van der Waals surface area contributed by atoms with Crippen molar-refractivity contribution >= 4 is 27.7 Å². The summed E-state index contributed by atoms with van der Waals surface area (Å²) in [6, 6.07) is 7.92.